The minimum absolute atomic E-state index is 0.0933. The zero-order chi connectivity index (χ0) is 11.3. The Morgan fingerprint density at radius 3 is 2.75 bits per heavy atom. The van der Waals surface area contributed by atoms with Crippen molar-refractivity contribution in [1.82, 2.24) is 14.5 Å². The summed E-state index contributed by atoms with van der Waals surface area (Å²) in [6, 6.07) is 6.38. The Hall–Kier alpha value is -1.55. The number of nitrogens with zero attached hydrogens (tertiary/aromatic N) is 2. The van der Waals surface area contributed by atoms with Crippen LogP contribution in [0.15, 0.2) is 23.0 Å². The Labute approximate surface area is 93.5 Å². The number of benzene rings is 1. The normalized spacial score (nSPS) is 16.6. The molecule has 1 aliphatic rings. The molecule has 0 amide bonds. The summed E-state index contributed by atoms with van der Waals surface area (Å²) in [4.78, 5) is 12.2. The van der Waals surface area contributed by atoms with Crippen LogP contribution in [0.25, 0.3) is 11.0 Å². The maximum atomic E-state index is 12.2. The van der Waals surface area contributed by atoms with Gasteiger partial charge in [0.2, 0.25) is 0 Å². The van der Waals surface area contributed by atoms with E-state index in [0.29, 0.717) is 6.04 Å². The monoisotopic (exact) mass is 217 g/mol. The van der Waals surface area contributed by atoms with Crippen LogP contribution in [0.3, 0.4) is 0 Å². The molecule has 2 aromatic rings. The topological polar surface area (TPSA) is 39.0 Å². The summed E-state index contributed by atoms with van der Waals surface area (Å²) in [5.41, 5.74) is 3.37. The molecule has 1 aliphatic heterocycles. The van der Waals surface area contributed by atoms with Gasteiger partial charge in [-0.3, -0.25) is 9.13 Å². The highest BCUT2D eigenvalue weighted by Crippen LogP contribution is 2.21. The van der Waals surface area contributed by atoms with Crippen molar-refractivity contribution in [2.24, 2.45) is 7.05 Å². The second-order valence-electron chi connectivity index (χ2n) is 4.47. The van der Waals surface area contributed by atoms with Gasteiger partial charge in [-0.25, -0.2) is 4.79 Å². The van der Waals surface area contributed by atoms with Crippen LogP contribution in [-0.4, -0.2) is 22.2 Å². The Morgan fingerprint density at radius 1 is 1.38 bits per heavy atom. The number of hydrogen-bond acceptors (Lipinski definition) is 2. The Kier molecular flexibility index (Phi) is 1.94. The van der Waals surface area contributed by atoms with E-state index < -0.39 is 0 Å². The van der Waals surface area contributed by atoms with E-state index in [-0.39, 0.29) is 5.69 Å². The third-order valence-electron chi connectivity index (χ3n) is 3.44. The van der Waals surface area contributed by atoms with Crippen LogP contribution in [0.1, 0.15) is 11.6 Å². The lowest BCUT2D eigenvalue weighted by atomic mass is 10.1. The van der Waals surface area contributed by atoms with Crippen molar-refractivity contribution in [1.29, 1.82) is 0 Å². The fourth-order valence-electron chi connectivity index (χ4n) is 2.38. The molecule has 84 valence electrons. The fraction of sp³-hybridized carbons (Fsp3) is 0.417. The molecule has 1 fully saturated rings. The highest BCUT2D eigenvalue weighted by molar-refractivity contribution is 5.79. The molecule has 0 aliphatic carbocycles. The van der Waals surface area contributed by atoms with Crippen molar-refractivity contribution >= 4 is 11.0 Å². The van der Waals surface area contributed by atoms with Crippen molar-refractivity contribution in [3.8, 4) is 0 Å². The summed E-state index contributed by atoms with van der Waals surface area (Å²) >= 11 is 0. The molecule has 1 aromatic heterocycles. The van der Waals surface area contributed by atoms with Crippen molar-refractivity contribution in [2.45, 2.75) is 13.0 Å². The van der Waals surface area contributed by atoms with Gasteiger partial charge in [-0.1, -0.05) is 12.1 Å². The summed E-state index contributed by atoms with van der Waals surface area (Å²) < 4.78 is 3.67. The van der Waals surface area contributed by atoms with Gasteiger partial charge in [0.05, 0.1) is 17.1 Å². The van der Waals surface area contributed by atoms with Crippen LogP contribution in [0.4, 0.5) is 0 Å². The molecular formula is C12H15N3O. The van der Waals surface area contributed by atoms with Gasteiger partial charge >= 0.3 is 5.69 Å². The van der Waals surface area contributed by atoms with Crippen molar-refractivity contribution in [3.05, 3.63) is 34.2 Å². The number of hydrogen-bond donors (Lipinski definition) is 1. The minimum atomic E-state index is 0.0933. The average Bonchev–Trinajstić information content (AvgIpc) is 2.43. The number of rotatable bonds is 1. The Balaban J connectivity index is 2.41. The zero-order valence-electron chi connectivity index (χ0n) is 9.53. The van der Waals surface area contributed by atoms with Crippen LogP contribution in [0.2, 0.25) is 0 Å². The van der Waals surface area contributed by atoms with Gasteiger partial charge in [-0.2, -0.15) is 0 Å². The van der Waals surface area contributed by atoms with Crippen LogP contribution in [0.5, 0.6) is 0 Å². The molecular weight excluding hydrogens is 202 g/mol. The first kappa shape index (κ1) is 9.66. The summed E-state index contributed by atoms with van der Waals surface area (Å²) in [6.45, 7) is 3.85. The minimum Gasteiger partial charge on any atom is -0.313 e. The van der Waals surface area contributed by atoms with Gasteiger partial charge in [0.1, 0.15) is 0 Å². The summed E-state index contributed by atoms with van der Waals surface area (Å²) in [5.74, 6) is 0. The Morgan fingerprint density at radius 2 is 2.12 bits per heavy atom. The molecule has 0 saturated carbocycles. The van der Waals surface area contributed by atoms with Gasteiger partial charge in [0, 0.05) is 20.1 Å². The van der Waals surface area contributed by atoms with Gasteiger partial charge in [-0.15, -0.1) is 0 Å². The molecule has 0 atom stereocenters. The SMILES string of the molecule is Cc1cccc2c1n(C1CNC1)c(=O)n2C. The summed E-state index contributed by atoms with van der Waals surface area (Å²) in [6.07, 6.45) is 0. The smallest absolute Gasteiger partial charge is 0.313 e. The number of imidazole rings is 1. The Bertz CT molecular complexity index is 604. The number of fused-ring (bicyclic) bond motifs is 1. The molecule has 16 heavy (non-hydrogen) atoms. The molecule has 0 spiro atoms. The first-order valence-electron chi connectivity index (χ1n) is 5.57. The van der Waals surface area contributed by atoms with E-state index >= 15 is 0 Å². The van der Waals surface area contributed by atoms with Crippen LogP contribution < -0.4 is 11.0 Å². The standard InChI is InChI=1S/C12H15N3O/c1-8-4-3-5-10-11(8)15(9-6-13-7-9)12(16)14(10)2/h3-5,9,13H,6-7H2,1-2H3. The summed E-state index contributed by atoms with van der Waals surface area (Å²) in [5, 5.41) is 3.21. The van der Waals surface area contributed by atoms with Crippen molar-refractivity contribution < 1.29 is 0 Å². The number of nitrogens with one attached hydrogen (secondary N) is 1. The number of aryl methyl sites for hydroxylation is 2. The van der Waals surface area contributed by atoms with Gasteiger partial charge in [0.15, 0.2) is 0 Å². The molecule has 3 rings (SSSR count). The second-order valence-corrected chi connectivity index (χ2v) is 4.47. The zero-order valence-corrected chi connectivity index (χ0v) is 9.53. The molecule has 0 radical (unpaired) electrons. The van der Waals surface area contributed by atoms with Crippen molar-refractivity contribution in [3.63, 3.8) is 0 Å². The predicted molar refractivity (Wildman–Crippen MR) is 63.8 cm³/mol. The molecule has 4 nitrogen and oxygen atoms in total. The summed E-state index contributed by atoms with van der Waals surface area (Å²) in [7, 11) is 1.84. The van der Waals surface area contributed by atoms with E-state index in [0.717, 1.165) is 24.1 Å². The van der Waals surface area contributed by atoms with E-state index in [2.05, 4.69) is 18.3 Å². The van der Waals surface area contributed by atoms with Gasteiger partial charge < -0.3 is 5.32 Å². The first-order valence-corrected chi connectivity index (χ1v) is 5.57. The number of aromatic nitrogens is 2. The lowest BCUT2D eigenvalue weighted by Crippen LogP contribution is -2.46. The van der Waals surface area contributed by atoms with Gasteiger partial charge in [-0.05, 0) is 18.6 Å². The predicted octanol–water partition coefficient (Wildman–Crippen LogP) is 0.793. The van der Waals surface area contributed by atoms with Crippen LogP contribution in [0, 0.1) is 6.92 Å². The maximum absolute atomic E-state index is 12.2. The van der Waals surface area contributed by atoms with Crippen LogP contribution in [-0.2, 0) is 7.05 Å². The molecule has 0 unspecified atom stereocenters. The van der Waals surface area contributed by atoms with Crippen LogP contribution >= 0.6 is 0 Å². The largest absolute Gasteiger partial charge is 0.329 e. The molecule has 2 heterocycles. The van der Waals surface area contributed by atoms with Crippen molar-refractivity contribution in [2.75, 3.05) is 13.1 Å². The number of para-hydroxylation sites is 1. The molecule has 1 aromatic carbocycles. The molecule has 4 heteroatoms. The molecule has 1 saturated heterocycles. The highest BCUT2D eigenvalue weighted by atomic mass is 16.1. The van der Waals surface area contributed by atoms with Gasteiger partial charge in [0.25, 0.3) is 0 Å². The lowest BCUT2D eigenvalue weighted by Gasteiger charge is -2.28. The third kappa shape index (κ3) is 1.10. The second kappa shape index (κ2) is 3.22. The average molecular weight is 217 g/mol. The van der Waals surface area contributed by atoms with E-state index in [4.69, 9.17) is 0 Å². The third-order valence-corrected chi connectivity index (χ3v) is 3.44. The van der Waals surface area contributed by atoms with E-state index in [1.54, 1.807) is 4.57 Å². The van der Waals surface area contributed by atoms with E-state index in [1.165, 1.54) is 5.56 Å². The molecule has 1 N–H and O–H groups in total. The lowest BCUT2D eigenvalue weighted by molar-refractivity contribution is 0.341. The first-order chi connectivity index (χ1) is 7.70. The van der Waals surface area contributed by atoms with E-state index in [1.807, 2.05) is 23.7 Å². The van der Waals surface area contributed by atoms with E-state index in [9.17, 15) is 4.79 Å². The molecule has 0 bridgehead atoms. The quantitative estimate of drug-likeness (QED) is 0.767. The maximum Gasteiger partial charge on any atom is 0.329 e. The highest BCUT2D eigenvalue weighted by Gasteiger charge is 2.24. The fourth-order valence-corrected chi connectivity index (χ4v) is 2.38.